The first-order chi connectivity index (χ1) is 13.1. The molecule has 2 aliphatic rings. The molecule has 0 spiro atoms. The zero-order valence-corrected chi connectivity index (χ0v) is 17.0. The third kappa shape index (κ3) is 6.09. The topological polar surface area (TPSA) is 59.0 Å². The van der Waals surface area contributed by atoms with E-state index in [4.69, 9.17) is 9.47 Å². The van der Waals surface area contributed by atoms with Crippen LogP contribution in [0.4, 0.5) is 0 Å². The third-order valence-corrected chi connectivity index (χ3v) is 5.63. The lowest BCUT2D eigenvalue weighted by atomic mass is 9.89. The number of aromatic nitrogens is 1. The number of hydrogen-bond donors (Lipinski definition) is 1. The largest absolute Gasteiger partial charge is 0.474 e. The molecule has 2 fully saturated rings. The standard InChI is InChI=1S/C21H34N4O2/c1-16-4-6-19(7-5-16)27-20-12-17(8-10-23-20)13-24-21(22-2)25(3)14-18-9-11-26-15-18/h8,10,12,16,18-19H,4-7,9,11,13-15H2,1-3H3,(H,22,24). The van der Waals surface area contributed by atoms with Crippen LogP contribution in [0.1, 0.15) is 44.6 Å². The summed E-state index contributed by atoms with van der Waals surface area (Å²) >= 11 is 0. The molecular formula is C21H34N4O2. The molecule has 1 aromatic rings. The van der Waals surface area contributed by atoms with Gasteiger partial charge in [0, 0.05) is 52.0 Å². The SMILES string of the molecule is CN=C(NCc1ccnc(OC2CCC(C)CC2)c1)N(C)CC1CCOC1. The highest BCUT2D eigenvalue weighted by Gasteiger charge is 2.20. The van der Waals surface area contributed by atoms with Crippen molar-refractivity contribution in [2.75, 3.05) is 33.9 Å². The van der Waals surface area contributed by atoms with Crippen LogP contribution in [0.5, 0.6) is 5.88 Å². The molecule has 6 heteroatoms. The van der Waals surface area contributed by atoms with Crippen LogP contribution in [-0.2, 0) is 11.3 Å². The van der Waals surface area contributed by atoms with Crippen molar-refractivity contribution in [3.05, 3.63) is 23.9 Å². The van der Waals surface area contributed by atoms with Gasteiger partial charge in [0.05, 0.1) is 6.61 Å². The summed E-state index contributed by atoms with van der Waals surface area (Å²) in [6.45, 7) is 5.73. The average Bonchev–Trinajstić information content (AvgIpc) is 3.17. The van der Waals surface area contributed by atoms with Crippen LogP contribution >= 0.6 is 0 Å². The van der Waals surface area contributed by atoms with E-state index >= 15 is 0 Å². The van der Waals surface area contributed by atoms with E-state index in [1.54, 1.807) is 0 Å². The van der Waals surface area contributed by atoms with Crippen molar-refractivity contribution in [2.24, 2.45) is 16.8 Å². The molecule has 0 bridgehead atoms. The fraction of sp³-hybridized carbons (Fsp3) is 0.714. The summed E-state index contributed by atoms with van der Waals surface area (Å²) in [7, 11) is 3.91. The van der Waals surface area contributed by atoms with E-state index in [1.807, 2.05) is 25.4 Å². The predicted octanol–water partition coefficient (Wildman–Crippen LogP) is 3.08. The van der Waals surface area contributed by atoms with Crippen LogP contribution in [0, 0.1) is 11.8 Å². The van der Waals surface area contributed by atoms with E-state index in [9.17, 15) is 0 Å². The summed E-state index contributed by atoms with van der Waals surface area (Å²) in [5.41, 5.74) is 1.16. The number of guanidine groups is 1. The maximum atomic E-state index is 6.12. The molecule has 1 unspecified atom stereocenters. The summed E-state index contributed by atoms with van der Waals surface area (Å²) in [4.78, 5) is 11.0. The summed E-state index contributed by atoms with van der Waals surface area (Å²) in [6, 6.07) is 4.07. The molecule has 6 nitrogen and oxygen atoms in total. The molecule has 1 atom stereocenters. The molecule has 0 aromatic carbocycles. The summed E-state index contributed by atoms with van der Waals surface area (Å²) < 4.78 is 11.6. The number of ether oxygens (including phenoxy) is 2. The van der Waals surface area contributed by atoms with Gasteiger partial charge in [-0.3, -0.25) is 4.99 Å². The van der Waals surface area contributed by atoms with E-state index in [2.05, 4.69) is 34.2 Å². The zero-order chi connectivity index (χ0) is 19.1. The second-order valence-corrected chi connectivity index (χ2v) is 8.01. The highest BCUT2D eigenvalue weighted by Crippen LogP contribution is 2.26. The molecule has 2 heterocycles. The van der Waals surface area contributed by atoms with Gasteiger partial charge in [-0.2, -0.15) is 0 Å². The van der Waals surface area contributed by atoms with Crippen LogP contribution in [0.2, 0.25) is 0 Å². The summed E-state index contributed by atoms with van der Waals surface area (Å²) in [5.74, 6) is 3.06. The number of aliphatic imine (C=N–C) groups is 1. The molecule has 1 aromatic heterocycles. The highest BCUT2D eigenvalue weighted by molar-refractivity contribution is 5.79. The van der Waals surface area contributed by atoms with Crippen molar-refractivity contribution < 1.29 is 9.47 Å². The Morgan fingerprint density at radius 1 is 1.33 bits per heavy atom. The number of nitrogens with zero attached hydrogens (tertiary/aromatic N) is 3. The van der Waals surface area contributed by atoms with Gasteiger partial charge in [0.2, 0.25) is 5.88 Å². The van der Waals surface area contributed by atoms with Crippen molar-refractivity contribution in [3.8, 4) is 5.88 Å². The van der Waals surface area contributed by atoms with E-state index in [-0.39, 0.29) is 0 Å². The number of hydrogen-bond acceptors (Lipinski definition) is 4. The van der Waals surface area contributed by atoms with E-state index in [0.717, 1.165) is 62.3 Å². The highest BCUT2D eigenvalue weighted by atomic mass is 16.5. The lowest BCUT2D eigenvalue weighted by Crippen LogP contribution is -2.41. The minimum absolute atomic E-state index is 0.310. The molecule has 0 radical (unpaired) electrons. The smallest absolute Gasteiger partial charge is 0.213 e. The Labute approximate surface area is 163 Å². The molecule has 150 valence electrons. The van der Waals surface area contributed by atoms with Gasteiger partial charge < -0.3 is 19.7 Å². The second-order valence-electron chi connectivity index (χ2n) is 8.01. The summed E-state index contributed by atoms with van der Waals surface area (Å²) in [6.07, 6.45) is 8.04. The van der Waals surface area contributed by atoms with Gasteiger partial charge in [0.1, 0.15) is 6.10 Å². The quantitative estimate of drug-likeness (QED) is 0.612. The first-order valence-electron chi connectivity index (χ1n) is 10.2. The van der Waals surface area contributed by atoms with E-state index in [1.165, 1.54) is 12.8 Å². The van der Waals surface area contributed by atoms with Gasteiger partial charge in [-0.15, -0.1) is 0 Å². The van der Waals surface area contributed by atoms with Crippen LogP contribution in [0.3, 0.4) is 0 Å². The molecule has 27 heavy (non-hydrogen) atoms. The van der Waals surface area contributed by atoms with Gasteiger partial charge in [-0.25, -0.2) is 4.98 Å². The normalized spacial score (nSPS) is 26.0. The molecule has 1 saturated carbocycles. The molecule has 3 rings (SSSR count). The number of nitrogens with one attached hydrogen (secondary N) is 1. The third-order valence-electron chi connectivity index (χ3n) is 5.63. The Morgan fingerprint density at radius 3 is 2.85 bits per heavy atom. The molecule has 1 aliphatic heterocycles. The van der Waals surface area contributed by atoms with Gasteiger partial charge in [-0.1, -0.05) is 6.92 Å². The minimum atomic E-state index is 0.310. The maximum absolute atomic E-state index is 6.12. The Hall–Kier alpha value is -1.82. The van der Waals surface area contributed by atoms with Crippen LogP contribution in [-0.4, -0.2) is 55.8 Å². The molecule has 1 saturated heterocycles. The van der Waals surface area contributed by atoms with Gasteiger partial charge in [0.15, 0.2) is 5.96 Å². The Bertz CT molecular complexity index is 608. The second kappa shape index (κ2) is 9.93. The minimum Gasteiger partial charge on any atom is -0.474 e. The first-order valence-corrected chi connectivity index (χ1v) is 10.2. The Morgan fingerprint density at radius 2 is 2.15 bits per heavy atom. The van der Waals surface area contributed by atoms with Crippen LogP contribution < -0.4 is 10.1 Å². The van der Waals surface area contributed by atoms with Crippen molar-refractivity contribution in [3.63, 3.8) is 0 Å². The van der Waals surface area contributed by atoms with Gasteiger partial charge in [0.25, 0.3) is 0 Å². The van der Waals surface area contributed by atoms with E-state index < -0.39 is 0 Å². The Kier molecular flexibility index (Phi) is 7.33. The fourth-order valence-corrected chi connectivity index (χ4v) is 3.91. The van der Waals surface area contributed by atoms with Crippen molar-refractivity contribution in [2.45, 2.75) is 51.7 Å². The Balaban J connectivity index is 1.49. The van der Waals surface area contributed by atoms with Crippen LogP contribution in [0.15, 0.2) is 23.3 Å². The van der Waals surface area contributed by atoms with E-state index in [0.29, 0.717) is 18.6 Å². The lowest BCUT2D eigenvalue weighted by Gasteiger charge is -2.26. The zero-order valence-electron chi connectivity index (χ0n) is 17.0. The predicted molar refractivity (Wildman–Crippen MR) is 108 cm³/mol. The van der Waals surface area contributed by atoms with Crippen molar-refractivity contribution in [1.82, 2.24) is 15.2 Å². The molecule has 0 amide bonds. The fourth-order valence-electron chi connectivity index (χ4n) is 3.91. The van der Waals surface area contributed by atoms with Crippen LogP contribution in [0.25, 0.3) is 0 Å². The molecular weight excluding hydrogens is 340 g/mol. The summed E-state index contributed by atoms with van der Waals surface area (Å²) in [5, 5.41) is 3.45. The van der Waals surface area contributed by atoms with Crippen molar-refractivity contribution in [1.29, 1.82) is 0 Å². The first kappa shape index (κ1) is 19.9. The van der Waals surface area contributed by atoms with Gasteiger partial charge in [-0.05, 0) is 49.7 Å². The molecule has 1 N–H and O–H groups in total. The van der Waals surface area contributed by atoms with Gasteiger partial charge >= 0.3 is 0 Å². The maximum Gasteiger partial charge on any atom is 0.213 e. The monoisotopic (exact) mass is 374 g/mol. The number of pyridine rings is 1. The average molecular weight is 375 g/mol. The number of rotatable bonds is 6. The lowest BCUT2D eigenvalue weighted by molar-refractivity contribution is 0.130. The van der Waals surface area contributed by atoms with Crippen molar-refractivity contribution >= 4 is 5.96 Å². The molecule has 1 aliphatic carbocycles.